The van der Waals surface area contributed by atoms with Crippen molar-refractivity contribution in [2.75, 3.05) is 18.6 Å². The van der Waals surface area contributed by atoms with E-state index in [-0.39, 0.29) is 18.4 Å². The van der Waals surface area contributed by atoms with E-state index in [1.807, 2.05) is 48.5 Å². The zero-order chi connectivity index (χ0) is 20.5. The van der Waals surface area contributed by atoms with Crippen LogP contribution in [0.1, 0.15) is 22.8 Å². The molecule has 2 amide bonds. The number of carbonyl (C=O) groups excluding carboxylic acids is 2. The lowest BCUT2D eigenvalue weighted by Gasteiger charge is -2.16. The predicted molar refractivity (Wildman–Crippen MR) is 117 cm³/mol. The predicted octanol–water partition coefficient (Wildman–Crippen LogP) is 4.11. The number of halogens is 1. The van der Waals surface area contributed by atoms with Gasteiger partial charge in [-0.3, -0.25) is 14.5 Å². The van der Waals surface area contributed by atoms with Gasteiger partial charge in [-0.05, 0) is 64.1 Å². The molecule has 1 N–H and O–H groups in total. The standard InChI is InChI=1S/C22H18BrN3O3/c1-13(15-9-10-19(29-2)17(23)11-15)24-25-20(27)12-26-18-8-4-6-14-5-3-7-16(21(14)18)22(26)28/h3-11H,12H2,1-2H3,(H,25,27)/b24-13-. The van der Waals surface area contributed by atoms with E-state index in [4.69, 9.17) is 4.74 Å². The molecule has 146 valence electrons. The first-order chi connectivity index (χ1) is 14.0. The molecule has 1 aliphatic heterocycles. The van der Waals surface area contributed by atoms with Gasteiger partial charge in [-0.15, -0.1) is 0 Å². The number of nitrogens with zero attached hydrogens (tertiary/aromatic N) is 2. The average Bonchev–Trinajstić information content (AvgIpc) is 3.00. The third kappa shape index (κ3) is 3.49. The number of hydrazone groups is 1. The van der Waals surface area contributed by atoms with Crippen molar-refractivity contribution in [2.45, 2.75) is 6.92 Å². The Bertz CT molecular complexity index is 1170. The van der Waals surface area contributed by atoms with Gasteiger partial charge in [-0.25, -0.2) is 5.43 Å². The minimum absolute atomic E-state index is 0.101. The summed E-state index contributed by atoms with van der Waals surface area (Å²) in [4.78, 5) is 26.7. The lowest BCUT2D eigenvalue weighted by molar-refractivity contribution is -0.119. The maximum Gasteiger partial charge on any atom is 0.260 e. The number of hydrogen-bond donors (Lipinski definition) is 1. The van der Waals surface area contributed by atoms with Crippen molar-refractivity contribution in [2.24, 2.45) is 5.10 Å². The van der Waals surface area contributed by atoms with Crippen molar-refractivity contribution in [1.82, 2.24) is 5.43 Å². The van der Waals surface area contributed by atoms with E-state index in [1.54, 1.807) is 20.1 Å². The first kappa shape index (κ1) is 19.1. The van der Waals surface area contributed by atoms with Gasteiger partial charge in [0.05, 0.1) is 23.0 Å². The lowest BCUT2D eigenvalue weighted by Crippen LogP contribution is -2.37. The van der Waals surface area contributed by atoms with Gasteiger partial charge in [-0.1, -0.05) is 24.3 Å². The smallest absolute Gasteiger partial charge is 0.260 e. The molecule has 0 fully saturated rings. The molecule has 1 aliphatic rings. The molecule has 7 heteroatoms. The number of rotatable bonds is 5. The Morgan fingerprint density at radius 2 is 1.93 bits per heavy atom. The fraction of sp³-hybridized carbons (Fsp3) is 0.136. The highest BCUT2D eigenvalue weighted by molar-refractivity contribution is 9.10. The fourth-order valence-corrected chi connectivity index (χ4v) is 3.96. The Morgan fingerprint density at radius 1 is 1.17 bits per heavy atom. The second-order valence-corrected chi connectivity index (χ2v) is 7.51. The van der Waals surface area contributed by atoms with Crippen LogP contribution < -0.4 is 15.1 Å². The average molecular weight is 452 g/mol. The first-order valence-corrected chi connectivity index (χ1v) is 9.79. The van der Waals surface area contributed by atoms with Crippen molar-refractivity contribution in [3.8, 4) is 5.75 Å². The number of benzene rings is 3. The number of ether oxygens (including phenoxy) is 1. The highest BCUT2D eigenvalue weighted by Gasteiger charge is 2.30. The largest absolute Gasteiger partial charge is 0.496 e. The number of anilines is 1. The zero-order valence-corrected chi connectivity index (χ0v) is 17.5. The van der Waals surface area contributed by atoms with Gasteiger partial charge < -0.3 is 4.74 Å². The van der Waals surface area contributed by atoms with Crippen LogP contribution in [0.3, 0.4) is 0 Å². The summed E-state index contributed by atoms with van der Waals surface area (Å²) in [7, 11) is 1.60. The molecule has 0 radical (unpaired) electrons. The summed E-state index contributed by atoms with van der Waals surface area (Å²) >= 11 is 3.44. The highest BCUT2D eigenvalue weighted by Crippen LogP contribution is 2.36. The van der Waals surface area contributed by atoms with Crippen LogP contribution >= 0.6 is 15.9 Å². The number of nitrogens with one attached hydrogen (secondary N) is 1. The summed E-state index contributed by atoms with van der Waals surface area (Å²) in [5, 5.41) is 6.04. The summed E-state index contributed by atoms with van der Waals surface area (Å²) in [5.41, 5.74) is 5.39. The molecule has 0 spiro atoms. The summed E-state index contributed by atoms with van der Waals surface area (Å²) in [5.74, 6) is 0.175. The van der Waals surface area contributed by atoms with Crippen LogP contribution in [0.5, 0.6) is 5.75 Å². The Morgan fingerprint density at radius 3 is 2.66 bits per heavy atom. The molecule has 3 aromatic rings. The summed E-state index contributed by atoms with van der Waals surface area (Å²) < 4.78 is 6.02. The van der Waals surface area contributed by atoms with E-state index in [0.717, 1.165) is 26.5 Å². The van der Waals surface area contributed by atoms with Crippen molar-refractivity contribution >= 4 is 49.9 Å². The SMILES string of the molecule is COc1ccc(/C(C)=N\NC(=O)CN2C(=O)c3cccc4cccc2c34)cc1Br. The van der Waals surface area contributed by atoms with Gasteiger partial charge in [0.25, 0.3) is 11.8 Å². The van der Waals surface area contributed by atoms with Crippen LogP contribution in [-0.4, -0.2) is 31.2 Å². The van der Waals surface area contributed by atoms with E-state index >= 15 is 0 Å². The molecule has 3 aromatic carbocycles. The van der Waals surface area contributed by atoms with Crippen LogP contribution in [0.4, 0.5) is 5.69 Å². The number of carbonyl (C=O) groups is 2. The summed E-state index contributed by atoms with van der Waals surface area (Å²) in [6.07, 6.45) is 0. The van der Waals surface area contributed by atoms with E-state index in [0.29, 0.717) is 17.0 Å². The van der Waals surface area contributed by atoms with Crippen LogP contribution in [0.25, 0.3) is 10.8 Å². The zero-order valence-electron chi connectivity index (χ0n) is 15.9. The van der Waals surface area contributed by atoms with Gasteiger partial charge in [-0.2, -0.15) is 5.10 Å². The van der Waals surface area contributed by atoms with Gasteiger partial charge in [0.15, 0.2) is 0 Å². The van der Waals surface area contributed by atoms with Gasteiger partial charge in [0.2, 0.25) is 0 Å². The quantitative estimate of drug-likeness (QED) is 0.468. The molecule has 0 aliphatic carbocycles. The monoisotopic (exact) mass is 451 g/mol. The van der Waals surface area contributed by atoms with E-state index in [9.17, 15) is 9.59 Å². The molecular weight excluding hydrogens is 434 g/mol. The third-order valence-electron chi connectivity index (χ3n) is 4.87. The van der Waals surface area contributed by atoms with E-state index in [1.165, 1.54) is 4.90 Å². The summed E-state index contributed by atoms with van der Waals surface area (Å²) in [6.45, 7) is 1.70. The Labute approximate surface area is 176 Å². The highest BCUT2D eigenvalue weighted by atomic mass is 79.9. The third-order valence-corrected chi connectivity index (χ3v) is 5.49. The molecule has 0 saturated carbocycles. The second-order valence-electron chi connectivity index (χ2n) is 6.65. The van der Waals surface area contributed by atoms with Gasteiger partial charge in [0, 0.05) is 10.9 Å². The Balaban J connectivity index is 1.49. The van der Waals surface area contributed by atoms with E-state index < -0.39 is 0 Å². The number of methoxy groups -OCH3 is 1. The molecule has 0 unspecified atom stereocenters. The van der Waals surface area contributed by atoms with Gasteiger partial charge >= 0.3 is 0 Å². The second kappa shape index (κ2) is 7.67. The van der Waals surface area contributed by atoms with Crippen molar-refractivity contribution < 1.29 is 14.3 Å². The fourth-order valence-electron chi connectivity index (χ4n) is 3.42. The van der Waals surface area contributed by atoms with Crippen LogP contribution in [0.15, 0.2) is 64.2 Å². The maximum atomic E-state index is 12.8. The molecule has 0 atom stereocenters. The lowest BCUT2D eigenvalue weighted by atomic mass is 10.1. The molecular formula is C22H18BrN3O3. The Hall–Kier alpha value is -3.19. The normalized spacial score (nSPS) is 13.1. The minimum atomic E-state index is -0.366. The van der Waals surface area contributed by atoms with Crippen LogP contribution in [-0.2, 0) is 4.79 Å². The van der Waals surface area contributed by atoms with Crippen molar-refractivity contribution in [3.63, 3.8) is 0 Å². The van der Waals surface area contributed by atoms with Gasteiger partial charge in [0.1, 0.15) is 12.3 Å². The summed E-state index contributed by atoms with van der Waals surface area (Å²) in [6, 6.07) is 16.8. The molecule has 6 nitrogen and oxygen atoms in total. The minimum Gasteiger partial charge on any atom is -0.496 e. The van der Waals surface area contributed by atoms with Crippen molar-refractivity contribution in [1.29, 1.82) is 0 Å². The number of hydrogen-bond acceptors (Lipinski definition) is 4. The molecule has 0 bridgehead atoms. The number of amides is 2. The molecule has 29 heavy (non-hydrogen) atoms. The van der Waals surface area contributed by atoms with E-state index in [2.05, 4.69) is 26.5 Å². The van der Waals surface area contributed by atoms with Crippen LogP contribution in [0.2, 0.25) is 0 Å². The molecule has 0 aromatic heterocycles. The molecule has 1 heterocycles. The Kier molecular flexibility index (Phi) is 5.07. The molecule has 4 rings (SSSR count). The first-order valence-electron chi connectivity index (χ1n) is 9.00. The maximum absolute atomic E-state index is 12.8. The topological polar surface area (TPSA) is 71.0 Å². The van der Waals surface area contributed by atoms with Crippen LogP contribution in [0, 0.1) is 0 Å². The van der Waals surface area contributed by atoms with Crippen molar-refractivity contribution in [3.05, 3.63) is 70.2 Å². The molecule has 0 saturated heterocycles.